The van der Waals surface area contributed by atoms with Crippen molar-refractivity contribution in [2.24, 2.45) is 0 Å². The molecule has 3 aromatic heterocycles. The zero-order valence-corrected chi connectivity index (χ0v) is 16.3. The molecule has 0 unspecified atom stereocenters. The van der Waals surface area contributed by atoms with Gasteiger partial charge in [0.1, 0.15) is 17.8 Å². The lowest BCUT2D eigenvalue weighted by Crippen LogP contribution is -2.41. The predicted octanol–water partition coefficient (Wildman–Crippen LogP) is 2.43. The van der Waals surface area contributed by atoms with Crippen LogP contribution in [0.2, 0.25) is 5.15 Å². The van der Waals surface area contributed by atoms with Gasteiger partial charge in [-0.25, -0.2) is 28.1 Å². The van der Waals surface area contributed by atoms with E-state index in [0.717, 1.165) is 15.3 Å². The normalized spacial score (nSPS) is 14.4. The Morgan fingerprint density at radius 2 is 2.03 bits per heavy atom. The van der Waals surface area contributed by atoms with Crippen molar-refractivity contribution in [1.82, 2.24) is 24.1 Å². The second-order valence-corrected chi connectivity index (χ2v) is 7.22. The van der Waals surface area contributed by atoms with Crippen LogP contribution in [0.15, 0.2) is 34.2 Å². The standard InChI is InChI=1S/C19H13ClF2N6O2/c1-10-14(16-25-9-13(21)15(20)26-16)17(29)28(18(30)27(10)5-4-23)12-6-11(7-24-8-12)19(22)2-3-19/h6-9H,2-3,5H2,1H3. The Hall–Kier alpha value is -3.45. The van der Waals surface area contributed by atoms with Gasteiger partial charge >= 0.3 is 5.69 Å². The third-order valence-electron chi connectivity index (χ3n) is 4.95. The molecule has 0 N–H and O–H groups in total. The van der Waals surface area contributed by atoms with Gasteiger partial charge in [-0.2, -0.15) is 5.26 Å². The fraction of sp³-hybridized carbons (Fsp3) is 0.263. The molecule has 0 radical (unpaired) electrons. The van der Waals surface area contributed by atoms with Crippen molar-refractivity contribution >= 4 is 11.6 Å². The maximum atomic E-state index is 14.5. The minimum absolute atomic E-state index is 0.0348. The lowest BCUT2D eigenvalue weighted by molar-refractivity contribution is 0.316. The topological polar surface area (TPSA) is 106 Å². The van der Waals surface area contributed by atoms with Crippen LogP contribution in [0.1, 0.15) is 24.1 Å². The highest BCUT2D eigenvalue weighted by molar-refractivity contribution is 6.29. The van der Waals surface area contributed by atoms with Crippen molar-refractivity contribution in [3.8, 4) is 23.1 Å². The van der Waals surface area contributed by atoms with Gasteiger partial charge in [0, 0.05) is 17.5 Å². The molecule has 1 aliphatic carbocycles. The van der Waals surface area contributed by atoms with Gasteiger partial charge in [-0.3, -0.25) is 14.3 Å². The number of hydrogen-bond donors (Lipinski definition) is 0. The molecule has 0 aliphatic heterocycles. The molecular formula is C19H13ClF2N6O2. The molecule has 1 aliphatic rings. The lowest BCUT2D eigenvalue weighted by atomic mass is 10.1. The molecule has 11 heteroatoms. The molecule has 152 valence electrons. The van der Waals surface area contributed by atoms with Gasteiger partial charge < -0.3 is 0 Å². The van der Waals surface area contributed by atoms with Crippen LogP contribution in [0.25, 0.3) is 17.1 Å². The molecule has 0 saturated heterocycles. The summed E-state index contributed by atoms with van der Waals surface area (Å²) in [5.41, 5.74) is -2.90. The Kier molecular flexibility index (Phi) is 4.70. The van der Waals surface area contributed by atoms with Gasteiger partial charge in [0.2, 0.25) is 0 Å². The summed E-state index contributed by atoms with van der Waals surface area (Å²) >= 11 is 5.73. The molecule has 3 heterocycles. The minimum Gasteiger partial charge on any atom is -0.283 e. The first-order valence-corrected chi connectivity index (χ1v) is 9.21. The molecule has 8 nitrogen and oxygen atoms in total. The number of pyridine rings is 1. The fourth-order valence-corrected chi connectivity index (χ4v) is 3.28. The van der Waals surface area contributed by atoms with Crippen LogP contribution in [0.4, 0.5) is 8.78 Å². The van der Waals surface area contributed by atoms with Crippen LogP contribution < -0.4 is 11.2 Å². The Morgan fingerprint density at radius 1 is 1.30 bits per heavy atom. The molecule has 0 atom stereocenters. The molecule has 1 saturated carbocycles. The first kappa shape index (κ1) is 19.8. The number of alkyl halides is 1. The fourth-order valence-electron chi connectivity index (χ4n) is 3.15. The van der Waals surface area contributed by atoms with Crippen molar-refractivity contribution in [2.75, 3.05) is 0 Å². The highest BCUT2D eigenvalue weighted by Crippen LogP contribution is 2.49. The second-order valence-electron chi connectivity index (χ2n) is 6.86. The van der Waals surface area contributed by atoms with Crippen molar-refractivity contribution in [3.05, 3.63) is 67.7 Å². The maximum Gasteiger partial charge on any atom is 0.336 e. The van der Waals surface area contributed by atoms with E-state index in [1.807, 2.05) is 6.07 Å². The van der Waals surface area contributed by atoms with Crippen molar-refractivity contribution < 1.29 is 8.78 Å². The zero-order valence-electron chi connectivity index (χ0n) is 15.6. The molecular weight excluding hydrogens is 418 g/mol. The predicted molar refractivity (Wildman–Crippen MR) is 102 cm³/mol. The minimum atomic E-state index is -1.53. The van der Waals surface area contributed by atoms with Gasteiger partial charge in [0.05, 0.1) is 24.2 Å². The van der Waals surface area contributed by atoms with Crippen molar-refractivity contribution in [3.63, 3.8) is 0 Å². The van der Waals surface area contributed by atoms with Crippen molar-refractivity contribution in [1.29, 1.82) is 5.26 Å². The number of halogens is 3. The average molecular weight is 431 g/mol. The summed E-state index contributed by atoms with van der Waals surface area (Å²) in [5.74, 6) is -1.09. The third kappa shape index (κ3) is 3.17. The van der Waals surface area contributed by atoms with Crippen LogP contribution in [-0.4, -0.2) is 24.1 Å². The smallest absolute Gasteiger partial charge is 0.283 e. The summed E-state index contributed by atoms with van der Waals surface area (Å²) in [4.78, 5) is 37.8. The Labute approximate surface area is 173 Å². The van der Waals surface area contributed by atoms with Crippen LogP contribution in [0.5, 0.6) is 0 Å². The van der Waals surface area contributed by atoms with Gasteiger partial charge in [-0.1, -0.05) is 11.6 Å². The summed E-state index contributed by atoms with van der Waals surface area (Å²) in [6.45, 7) is 1.07. The van der Waals surface area contributed by atoms with E-state index in [2.05, 4.69) is 15.0 Å². The van der Waals surface area contributed by atoms with E-state index >= 15 is 0 Å². The number of aromatic nitrogens is 5. The van der Waals surface area contributed by atoms with Crippen molar-refractivity contribution in [2.45, 2.75) is 32.0 Å². The van der Waals surface area contributed by atoms with E-state index in [0.29, 0.717) is 12.8 Å². The third-order valence-corrected chi connectivity index (χ3v) is 5.21. The molecule has 30 heavy (non-hydrogen) atoms. The largest absolute Gasteiger partial charge is 0.336 e. The molecule has 0 amide bonds. The van der Waals surface area contributed by atoms with E-state index in [4.69, 9.17) is 16.9 Å². The molecule has 0 aromatic carbocycles. The Morgan fingerprint density at radius 3 is 2.67 bits per heavy atom. The molecule has 0 spiro atoms. The highest BCUT2D eigenvalue weighted by atomic mass is 35.5. The van der Waals surface area contributed by atoms with E-state index in [1.165, 1.54) is 25.4 Å². The monoisotopic (exact) mass is 430 g/mol. The number of nitrogens with zero attached hydrogens (tertiary/aromatic N) is 6. The number of hydrogen-bond acceptors (Lipinski definition) is 6. The first-order chi connectivity index (χ1) is 14.3. The maximum absolute atomic E-state index is 14.5. The Balaban J connectivity index is 2.03. The van der Waals surface area contributed by atoms with E-state index in [9.17, 15) is 18.4 Å². The quantitative estimate of drug-likeness (QED) is 0.588. The Bertz CT molecular complexity index is 1340. The van der Waals surface area contributed by atoms with Crippen LogP contribution in [-0.2, 0) is 12.2 Å². The van der Waals surface area contributed by atoms with Gasteiger partial charge in [-0.15, -0.1) is 0 Å². The highest BCUT2D eigenvalue weighted by Gasteiger charge is 2.45. The summed E-state index contributed by atoms with van der Waals surface area (Å²) in [6.07, 6.45) is 4.04. The van der Waals surface area contributed by atoms with Crippen LogP contribution in [0.3, 0.4) is 0 Å². The zero-order chi connectivity index (χ0) is 21.6. The van der Waals surface area contributed by atoms with Crippen LogP contribution >= 0.6 is 11.6 Å². The second kappa shape index (κ2) is 7.11. The van der Waals surface area contributed by atoms with E-state index in [1.54, 1.807) is 0 Å². The summed E-state index contributed by atoms with van der Waals surface area (Å²) < 4.78 is 29.8. The molecule has 0 bridgehead atoms. The number of nitriles is 1. The van der Waals surface area contributed by atoms with E-state index in [-0.39, 0.29) is 34.9 Å². The SMILES string of the molecule is Cc1c(-c2ncc(F)c(Cl)n2)c(=O)n(-c2cncc(C3(F)CC3)c2)c(=O)n1CC#N. The van der Waals surface area contributed by atoms with Gasteiger partial charge in [0.15, 0.2) is 16.8 Å². The number of rotatable bonds is 4. The molecule has 1 fully saturated rings. The van der Waals surface area contributed by atoms with Gasteiger partial charge in [0.25, 0.3) is 5.56 Å². The first-order valence-electron chi connectivity index (χ1n) is 8.83. The summed E-state index contributed by atoms with van der Waals surface area (Å²) in [7, 11) is 0. The molecule has 4 rings (SSSR count). The average Bonchev–Trinajstić information content (AvgIpc) is 3.47. The summed E-state index contributed by atoms with van der Waals surface area (Å²) in [6, 6.07) is 3.23. The van der Waals surface area contributed by atoms with E-state index < -0.39 is 27.9 Å². The van der Waals surface area contributed by atoms with Crippen LogP contribution in [0, 0.1) is 24.1 Å². The summed E-state index contributed by atoms with van der Waals surface area (Å²) in [5, 5.41) is 8.64. The lowest BCUT2D eigenvalue weighted by Gasteiger charge is -2.15. The van der Waals surface area contributed by atoms with Gasteiger partial charge in [-0.05, 0) is 25.8 Å². The molecule has 3 aromatic rings.